The highest BCUT2D eigenvalue weighted by Crippen LogP contribution is 2.37. The minimum atomic E-state index is -0.403. The standard InChI is InChI=1S/C28H28N2O4/c1-16-7-9-22(19(4)12-16)25-26(29-20-8-10-23(33-5)24(15-20)34-6)28(32)30(27(25)31)21-13-17(2)11-18(3)14-21/h7-15,29H,1-6H3. The average molecular weight is 457 g/mol. The number of ether oxygens (including phenoxy) is 2. The van der Waals surface area contributed by atoms with Crippen molar-refractivity contribution in [3.8, 4) is 11.5 Å². The van der Waals surface area contributed by atoms with Crippen molar-refractivity contribution in [2.24, 2.45) is 0 Å². The summed E-state index contributed by atoms with van der Waals surface area (Å²) in [6.45, 7) is 7.84. The van der Waals surface area contributed by atoms with E-state index in [-0.39, 0.29) is 11.6 Å². The number of hydrogen-bond acceptors (Lipinski definition) is 5. The van der Waals surface area contributed by atoms with Crippen molar-refractivity contribution in [1.29, 1.82) is 0 Å². The molecular formula is C28H28N2O4. The van der Waals surface area contributed by atoms with E-state index >= 15 is 0 Å². The number of amides is 2. The minimum absolute atomic E-state index is 0.225. The van der Waals surface area contributed by atoms with Crippen LogP contribution in [0.25, 0.3) is 5.57 Å². The van der Waals surface area contributed by atoms with Gasteiger partial charge < -0.3 is 14.8 Å². The molecule has 1 aliphatic heterocycles. The fourth-order valence-corrected chi connectivity index (χ4v) is 4.36. The molecule has 0 radical (unpaired) electrons. The molecular weight excluding hydrogens is 428 g/mol. The van der Waals surface area contributed by atoms with Crippen LogP contribution in [0.1, 0.15) is 27.8 Å². The molecule has 0 spiro atoms. The summed E-state index contributed by atoms with van der Waals surface area (Å²) in [6.07, 6.45) is 0. The van der Waals surface area contributed by atoms with E-state index in [1.54, 1.807) is 32.4 Å². The Morgan fingerprint density at radius 1 is 0.706 bits per heavy atom. The molecule has 174 valence electrons. The molecule has 34 heavy (non-hydrogen) atoms. The first-order valence-electron chi connectivity index (χ1n) is 11.0. The second kappa shape index (κ2) is 9.06. The Labute approximate surface area is 199 Å². The molecule has 1 aliphatic rings. The lowest BCUT2D eigenvalue weighted by Gasteiger charge is -2.17. The predicted molar refractivity (Wildman–Crippen MR) is 134 cm³/mol. The van der Waals surface area contributed by atoms with Crippen LogP contribution in [0.15, 0.2) is 60.3 Å². The van der Waals surface area contributed by atoms with Crippen LogP contribution in [-0.2, 0) is 9.59 Å². The van der Waals surface area contributed by atoms with E-state index in [2.05, 4.69) is 5.32 Å². The van der Waals surface area contributed by atoms with Crippen LogP contribution >= 0.6 is 0 Å². The van der Waals surface area contributed by atoms with E-state index in [1.165, 1.54) is 4.90 Å². The van der Waals surface area contributed by atoms with Gasteiger partial charge in [-0.05, 0) is 74.2 Å². The average Bonchev–Trinajstić information content (AvgIpc) is 3.02. The zero-order valence-electron chi connectivity index (χ0n) is 20.3. The number of carbonyl (C=O) groups is 2. The fraction of sp³-hybridized carbons (Fsp3) is 0.214. The van der Waals surface area contributed by atoms with E-state index in [0.717, 1.165) is 27.8 Å². The van der Waals surface area contributed by atoms with Crippen molar-refractivity contribution in [2.45, 2.75) is 27.7 Å². The summed E-state index contributed by atoms with van der Waals surface area (Å²) in [7, 11) is 3.11. The third kappa shape index (κ3) is 4.15. The highest BCUT2D eigenvalue weighted by Gasteiger charge is 2.41. The molecule has 0 atom stereocenters. The zero-order valence-corrected chi connectivity index (χ0v) is 20.3. The Hall–Kier alpha value is -4.06. The smallest absolute Gasteiger partial charge is 0.282 e. The van der Waals surface area contributed by atoms with Gasteiger partial charge in [0.05, 0.1) is 25.5 Å². The van der Waals surface area contributed by atoms with Crippen molar-refractivity contribution in [3.05, 3.63) is 88.1 Å². The van der Waals surface area contributed by atoms with Crippen LogP contribution < -0.4 is 19.7 Å². The normalized spacial score (nSPS) is 13.5. The fourth-order valence-electron chi connectivity index (χ4n) is 4.36. The van der Waals surface area contributed by atoms with Crippen molar-refractivity contribution in [1.82, 2.24) is 0 Å². The number of rotatable bonds is 6. The van der Waals surface area contributed by atoms with Crippen LogP contribution in [0, 0.1) is 27.7 Å². The first-order valence-corrected chi connectivity index (χ1v) is 11.0. The summed E-state index contributed by atoms with van der Waals surface area (Å²) in [5, 5.41) is 3.20. The van der Waals surface area contributed by atoms with Gasteiger partial charge in [-0.25, -0.2) is 4.90 Å². The Kier molecular flexibility index (Phi) is 6.16. The maximum Gasteiger partial charge on any atom is 0.282 e. The molecule has 6 heteroatoms. The Morgan fingerprint density at radius 2 is 1.38 bits per heavy atom. The van der Waals surface area contributed by atoms with Gasteiger partial charge in [0.2, 0.25) is 0 Å². The second-order valence-corrected chi connectivity index (χ2v) is 8.55. The molecule has 0 bridgehead atoms. The van der Waals surface area contributed by atoms with E-state index in [9.17, 15) is 9.59 Å². The summed E-state index contributed by atoms with van der Waals surface area (Å²) >= 11 is 0. The van der Waals surface area contributed by atoms with Crippen molar-refractivity contribution >= 4 is 28.8 Å². The van der Waals surface area contributed by atoms with Crippen molar-refractivity contribution in [2.75, 3.05) is 24.4 Å². The maximum atomic E-state index is 13.8. The summed E-state index contributed by atoms with van der Waals surface area (Å²) in [5.74, 6) is 0.330. The molecule has 1 heterocycles. The maximum absolute atomic E-state index is 13.8. The quantitative estimate of drug-likeness (QED) is 0.508. The first-order chi connectivity index (χ1) is 16.2. The van der Waals surface area contributed by atoms with E-state index in [0.29, 0.717) is 28.4 Å². The van der Waals surface area contributed by atoms with Gasteiger partial charge in [-0.1, -0.05) is 29.8 Å². The molecule has 0 aliphatic carbocycles. The van der Waals surface area contributed by atoms with Gasteiger partial charge in [0, 0.05) is 11.8 Å². The van der Waals surface area contributed by atoms with Gasteiger partial charge in [0.1, 0.15) is 5.70 Å². The van der Waals surface area contributed by atoms with Crippen LogP contribution in [0.3, 0.4) is 0 Å². The topological polar surface area (TPSA) is 67.9 Å². The molecule has 0 unspecified atom stereocenters. The van der Waals surface area contributed by atoms with Crippen molar-refractivity contribution < 1.29 is 19.1 Å². The van der Waals surface area contributed by atoms with Gasteiger partial charge in [0.25, 0.3) is 11.8 Å². The Bertz CT molecular complexity index is 1320. The zero-order chi connectivity index (χ0) is 24.6. The number of imide groups is 1. The van der Waals surface area contributed by atoms with Gasteiger partial charge in [-0.15, -0.1) is 0 Å². The monoisotopic (exact) mass is 456 g/mol. The van der Waals surface area contributed by atoms with Crippen molar-refractivity contribution in [3.63, 3.8) is 0 Å². The molecule has 3 aromatic carbocycles. The van der Waals surface area contributed by atoms with Crippen LogP contribution in [0.4, 0.5) is 11.4 Å². The van der Waals surface area contributed by atoms with Gasteiger partial charge in [-0.3, -0.25) is 9.59 Å². The number of nitrogens with one attached hydrogen (secondary N) is 1. The molecule has 0 aromatic heterocycles. The number of hydrogen-bond donors (Lipinski definition) is 1. The molecule has 3 aromatic rings. The lowest BCUT2D eigenvalue weighted by atomic mass is 9.97. The summed E-state index contributed by atoms with van der Waals surface area (Å²) in [6, 6.07) is 16.8. The lowest BCUT2D eigenvalue weighted by Crippen LogP contribution is -2.32. The highest BCUT2D eigenvalue weighted by atomic mass is 16.5. The number of nitrogens with zero attached hydrogens (tertiary/aromatic N) is 1. The van der Waals surface area contributed by atoms with E-state index in [4.69, 9.17) is 9.47 Å². The van der Waals surface area contributed by atoms with Gasteiger partial charge in [-0.2, -0.15) is 0 Å². The van der Waals surface area contributed by atoms with Crippen LogP contribution in [-0.4, -0.2) is 26.0 Å². The summed E-state index contributed by atoms with van der Waals surface area (Å²) in [5.41, 5.74) is 6.41. The largest absolute Gasteiger partial charge is 0.493 e. The predicted octanol–water partition coefficient (Wildman–Crippen LogP) is 5.33. The molecule has 0 saturated carbocycles. The Morgan fingerprint density at radius 3 is 2.00 bits per heavy atom. The SMILES string of the molecule is COc1ccc(NC2=C(c3ccc(C)cc3C)C(=O)N(c3cc(C)cc(C)c3)C2=O)cc1OC. The molecule has 4 rings (SSSR count). The van der Waals surface area contributed by atoms with Crippen LogP contribution in [0.5, 0.6) is 11.5 Å². The number of methoxy groups -OCH3 is 2. The number of benzene rings is 3. The van der Waals surface area contributed by atoms with Gasteiger partial charge >= 0.3 is 0 Å². The van der Waals surface area contributed by atoms with E-state index in [1.807, 2.05) is 64.1 Å². The second-order valence-electron chi connectivity index (χ2n) is 8.55. The number of anilines is 2. The highest BCUT2D eigenvalue weighted by molar-refractivity contribution is 6.46. The van der Waals surface area contributed by atoms with Gasteiger partial charge in [0.15, 0.2) is 11.5 Å². The lowest BCUT2D eigenvalue weighted by molar-refractivity contribution is -0.120. The number of aryl methyl sites for hydroxylation is 4. The summed E-state index contributed by atoms with van der Waals surface area (Å²) in [4.78, 5) is 28.7. The molecule has 6 nitrogen and oxygen atoms in total. The number of carbonyl (C=O) groups excluding carboxylic acids is 2. The van der Waals surface area contributed by atoms with E-state index < -0.39 is 5.91 Å². The molecule has 1 N–H and O–H groups in total. The summed E-state index contributed by atoms with van der Waals surface area (Å²) < 4.78 is 10.7. The third-order valence-electron chi connectivity index (χ3n) is 5.85. The molecule has 0 fully saturated rings. The first kappa shape index (κ1) is 23.1. The Balaban J connectivity index is 1.86. The van der Waals surface area contributed by atoms with Crippen LogP contribution in [0.2, 0.25) is 0 Å². The molecule has 0 saturated heterocycles. The third-order valence-corrected chi connectivity index (χ3v) is 5.85. The minimum Gasteiger partial charge on any atom is -0.493 e. The molecule has 2 amide bonds.